The van der Waals surface area contributed by atoms with Crippen molar-refractivity contribution in [3.8, 4) is 17.2 Å². The van der Waals surface area contributed by atoms with Gasteiger partial charge in [-0.15, -0.1) is 0 Å². The van der Waals surface area contributed by atoms with Crippen molar-refractivity contribution in [2.45, 2.75) is 0 Å². The molecule has 0 aliphatic heterocycles. The second kappa shape index (κ2) is 10.6. The molecular formula is C20H20O7. The Bertz CT molecular complexity index is 751. The summed E-state index contributed by atoms with van der Waals surface area (Å²) < 4.78 is 20.7. The monoisotopic (exact) mass is 372 g/mol. The first-order valence-corrected chi connectivity index (χ1v) is 8.19. The molecule has 0 amide bonds. The highest BCUT2D eigenvalue weighted by Crippen LogP contribution is 2.18. The maximum Gasteiger partial charge on any atom is 0.343 e. The second-order valence-corrected chi connectivity index (χ2v) is 5.24. The van der Waals surface area contributed by atoms with Gasteiger partial charge >= 0.3 is 11.9 Å². The molecule has 0 atom stereocenters. The lowest BCUT2D eigenvalue weighted by molar-refractivity contribution is -0.139. The van der Waals surface area contributed by atoms with E-state index in [-0.39, 0.29) is 19.0 Å². The van der Waals surface area contributed by atoms with Crippen molar-refractivity contribution in [1.82, 2.24) is 0 Å². The van der Waals surface area contributed by atoms with Crippen molar-refractivity contribution < 1.29 is 33.6 Å². The molecule has 7 nitrogen and oxygen atoms in total. The Kier molecular flexibility index (Phi) is 7.87. The quantitative estimate of drug-likeness (QED) is 0.297. The lowest BCUT2D eigenvalue weighted by atomic mass is 10.2. The Labute approximate surface area is 156 Å². The molecule has 7 heteroatoms. The van der Waals surface area contributed by atoms with Crippen LogP contribution in [0.15, 0.2) is 61.2 Å². The number of ether oxygens (including phenoxy) is 4. The van der Waals surface area contributed by atoms with Crippen molar-refractivity contribution in [3.63, 3.8) is 0 Å². The summed E-state index contributed by atoms with van der Waals surface area (Å²) in [7, 11) is 0. The van der Waals surface area contributed by atoms with Crippen LogP contribution >= 0.6 is 0 Å². The third-order valence-electron chi connectivity index (χ3n) is 3.27. The molecule has 0 aromatic heterocycles. The fourth-order valence-electron chi connectivity index (χ4n) is 1.95. The molecule has 0 fully saturated rings. The standard InChI is InChI=1S/C20H20O7/c1-2-19(22)26-14-12-24-11-13-25-17-7-3-15(4-8-17)20(23)27-18-9-5-16(21)6-10-18/h2-10,21H,1,11-14H2. The molecule has 2 aromatic carbocycles. The minimum atomic E-state index is -0.510. The molecule has 0 saturated carbocycles. The van der Waals surface area contributed by atoms with Gasteiger partial charge < -0.3 is 24.1 Å². The van der Waals surface area contributed by atoms with Crippen molar-refractivity contribution >= 4 is 11.9 Å². The highest BCUT2D eigenvalue weighted by Gasteiger charge is 2.09. The smallest absolute Gasteiger partial charge is 0.343 e. The van der Waals surface area contributed by atoms with Crippen LogP contribution < -0.4 is 9.47 Å². The molecule has 0 aliphatic rings. The van der Waals surface area contributed by atoms with Crippen LogP contribution in [0.2, 0.25) is 0 Å². The van der Waals surface area contributed by atoms with Gasteiger partial charge in [0.1, 0.15) is 30.5 Å². The number of phenols is 1. The summed E-state index contributed by atoms with van der Waals surface area (Å²) in [5.74, 6) is 0.0218. The van der Waals surface area contributed by atoms with Gasteiger partial charge in [0.2, 0.25) is 0 Å². The fraction of sp³-hybridized carbons (Fsp3) is 0.200. The maximum absolute atomic E-state index is 12.1. The number of carbonyl (C=O) groups is 2. The Hall–Kier alpha value is -3.32. The van der Waals surface area contributed by atoms with Gasteiger partial charge in [-0.3, -0.25) is 0 Å². The fourth-order valence-corrected chi connectivity index (χ4v) is 1.95. The van der Waals surface area contributed by atoms with E-state index in [2.05, 4.69) is 6.58 Å². The van der Waals surface area contributed by atoms with E-state index in [4.69, 9.17) is 18.9 Å². The topological polar surface area (TPSA) is 91.3 Å². The molecular weight excluding hydrogens is 352 g/mol. The average molecular weight is 372 g/mol. The number of esters is 2. The second-order valence-electron chi connectivity index (χ2n) is 5.24. The normalized spacial score (nSPS) is 10.1. The number of carbonyl (C=O) groups excluding carboxylic acids is 2. The summed E-state index contributed by atoms with van der Waals surface area (Å²) in [6, 6.07) is 12.4. The molecule has 2 aromatic rings. The zero-order valence-electron chi connectivity index (χ0n) is 14.6. The van der Waals surface area contributed by atoms with Gasteiger partial charge in [-0.2, -0.15) is 0 Å². The van der Waals surface area contributed by atoms with E-state index >= 15 is 0 Å². The molecule has 0 aliphatic carbocycles. The molecule has 27 heavy (non-hydrogen) atoms. The molecule has 0 heterocycles. The van der Waals surface area contributed by atoms with E-state index in [1.54, 1.807) is 24.3 Å². The van der Waals surface area contributed by atoms with Gasteiger partial charge in [0.25, 0.3) is 0 Å². The van der Waals surface area contributed by atoms with Crippen molar-refractivity contribution in [2.24, 2.45) is 0 Å². The van der Waals surface area contributed by atoms with Gasteiger partial charge in [-0.25, -0.2) is 9.59 Å². The highest BCUT2D eigenvalue weighted by atomic mass is 16.6. The first-order chi connectivity index (χ1) is 13.1. The van der Waals surface area contributed by atoms with Crippen LogP contribution in [0.5, 0.6) is 17.2 Å². The summed E-state index contributed by atoms with van der Waals surface area (Å²) in [6.07, 6.45) is 1.09. The number of benzene rings is 2. The maximum atomic E-state index is 12.1. The van der Waals surface area contributed by atoms with E-state index in [9.17, 15) is 14.7 Å². The molecule has 0 saturated heterocycles. The Morgan fingerprint density at radius 1 is 0.889 bits per heavy atom. The Balaban J connectivity index is 1.68. The minimum absolute atomic E-state index is 0.0954. The zero-order chi connectivity index (χ0) is 19.5. The van der Waals surface area contributed by atoms with E-state index in [1.165, 1.54) is 24.3 Å². The van der Waals surface area contributed by atoms with Crippen molar-refractivity contribution in [2.75, 3.05) is 26.4 Å². The number of phenolic OH excluding ortho intramolecular Hbond substituents is 1. The van der Waals surface area contributed by atoms with Crippen LogP contribution in [0.4, 0.5) is 0 Å². The van der Waals surface area contributed by atoms with E-state index in [0.717, 1.165) is 6.08 Å². The van der Waals surface area contributed by atoms with Crippen LogP contribution in [0, 0.1) is 0 Å². The van der Waals surface area contributed by atoms with E-state index in [1.807, 2.05) is 0 Å². The SMILES string of the molecule is C=CC(=O)OCCOCCOc1ccc(C(=O)Oc2ccc(O)cc2)cc1. The van der Waals surface area contributed by atoms with Crippen LogP contribution in [0.25, 0.3) is 0 Å². The Morgan fingerprint density at radius 2 is 1.52 bits per heavy atom. The lowest BCUT2D eigenvalue weighted by Gasteiger charge is -2.08. The predicted octanol–water partition coefficient (Wildman–Crippen LogP) is 2.74. The van der Waals surface area contributed by atoms with Gasteiger partial charge in [0, 0.05) is 6.08 Å². The van der Waals surface area contributed by atoms with Crippen molar-refractivity contribution in [3.05, 3.63) is 66.7 Å². The van der Waals surface area contributed by atoms with Crippen LogP contribution in [-0.2, 0) is 14.3 Å². The average Bonchev–Trinajstić information content (AvgIpc) is 2.69. The predicted molar refractivity (Wildman–Crippen MR) is 97.0 cm³/mol. The Morgan fingerprint density at radius 3 is 2.19 bits per heavy atom. The third kappa shape index (κ3) is 7.21. The molecule has 0 bridgehead atoms. The largest absolute Gasteiger partial charge is 0.508 e. The lowest BCUT2D eigenvalue weighted by Crippen LogP contribution is -2.12. The number of aromatic hydroxyl groups is 1. The molecule has 0 radical (unpaired) electrons. The molecule has 2 rings (SSSR count). The zero-order valence-corrected chi connectivity index (χ0v) is 14.6. The third-order valence-corrected chi connectivity index (χ3v) is 3.27. The van der Waals surface area contributed by atoms with Crippen LogP contribution in [0.1, 0.15) is 10.4 Å². The molecule has 142 valence electrons. The van der Waals surface area contributed by atoms with Crippen molar-refractivity contribution in [1.29, 1.82) is 0 Å². The summed E-state index contributed by atoms with van der Waals surface area (Å²) in [6.45, 7) is 4.36. The van der Waals surface area contributed by atoms with Crippen LogP contribution in [-0.4, -0.2) is 43.5 Å². The van der Waals surface area contributed by atoms with E-state index < -0.39 is 11.9 Å². The number of hydrogen-bond donors (Lipinski definition) is 1. The summed E-state index contributed by atoms with van der Waals surface area (Å²) >= 11 is 0. The van der Waals surface area contributed by atoms with Gasteiger partial charge in [-0.05, 0) is 48.5 Å². The summed E-state index contributed by atoms with van der Waals surface area (Å²) in [5, 5.41) is 9.22. The molecule has 0 unspecified atom stereocenters. The minimum Gasteiger partial charge on any atom is -0.508 e. The molecule has 1 N–H and O–H groups in total. The van der Waals surface area contributed by atoms with Gasteiger partial charge in [0.05, 0.1) is 18.8 Å². The summed E-state index contributed by atoms with van der Waals surface area (Å²) in [5.41, 5.74) is 0.371. The van der Waals surface area contributed by atoms with Crippen LogP contribution in [0.3, 0.4) is 0 Å². The summed E-state index contributed by atoms with van der Waals surface area (Å²) in [4.78, 5) is 22.9. The first-order valence-electron chi connectivity index (χ1n) is 8.19. The highest BCUT2D eigenvalue weighted by molar-refractivity contribution is 5.91. The van der Waals surface area contributed by atoms with Gasteiger partial charge in [-0.1, -0.05) is 6.58 Å². The van der Waals surface area contributed by atoms with E-state index in [0.29, 0.717) is 30.3 Å². The molecule has 0 spiro atoms. The first kappa shape index (κ1) is 20.0. The number of rotatable bonds is 10. The van der Waals surface area contributed by atoms with Gasteiger partial charge in [0.15, 0.2) is 0 Å². The number of hydrogen-bond acceptors (Lipinski definition) is 7.